The zero-order chi connectivity index (χ0) is 17.3. The number of aliphatic hydroxyl groups excluding tert-OH is 1. The average Bonchev–Trinajstić information content (AvgIpc) is 2.96. The van der Waals surface area contributed by atoms with E-state index in [1.807, 2.05) is 12.1 Å². The Kier molecular flexibility index (Phi) is 3.04. The van der Waals surface area contributed by atoms with Gasteiger partial charge in [0.15, 0.2) is 11.5 Å². The van der Waals surface area contributed by atoms with Crippen molar-refractivity contribution >= 4 is 5.97 Å². The Labute approximate surface area is 145 Å². The number of aliphatic hydroxyl groups is 1. The van der Waals surface area contributed by atoms with Crippen LogP contribution in [-0.2, 0) is 21.4 Å². The van der Waals surface area contributed by atoms with Crippen molar-refractivity contribution in [2.75, 3.05) is 20.8 Å². The first kappa shape index (κ1) is 15.2. The van der Waals surface area contributed by atoms with E-state index in [-0.39, 0.29) is 17.4 Å². The Morgan fingerprint density at radius 2 is 2.24 bits per heavy atom. The topological polar surface area (TPSA) is 77.0 Å². The third-order valence-electron chi connectivity index (χ3n) is 6.44. The van der Waals surface area contributed by atoms with E-state index in [4.69, 9.17) is 14.2 Å². The molecule has 5 rings (SSSR count). The number of carbonyl (C=O) groups excluding carboxylic acids is 1. The SMILES string of the molecule is COC(=O)C1=CC2[C@H]3Cc4ccc(OC)c5c4[C@@]2(CCN3)C(O5)C1O. The van der Waals surface area contributed by atoms with Crippen LogP contribution in [0.15, 0.2) is 23.8 Å². The number of hydrogen-bond donors (Lipinski definition) is 2. The maximum absolute atomic E-state index is 12.2. The lowest BCUT2D eigenvalue weighted by atomic mass is 9.53. The van der Waals surface area contributed by atoms with Gasteiger partial charge in [0, 0.05) is 22.9 Å². The lowest BCUT2D eigenvalue weighted by molar-refractivity contribution is -0.139. The Balaban J connectivity index is 1.77. The summed E-state index contributed by atoms with van der Waals surface area (Å²) in [4.78, 5) is 12.2. The maximum atomic E-state index is 12.2. The van der Waals surface area contributed by atoms with Crippen molar-refractivity contribution in [3.63, 3.8) is 0 Å². The molecule has 2 aliphatic carbocycles. The summed E-state index contributed by atoms with van der Waals surface area (Å²) >= 11 is 0. The minimum Gasteiger partial charge on any atom is -0.493 e. The van der Waals surface area contributed by atoms with Gasteiger partial charge in [-0.05, 0) is 31.0 Å². The number of methoxy groups -OCH3 is 2. The first-order chi connectivity index (χ1) is 12.1. The van der Waals surface area contributed by atoms with Crippen LogP contribution in [0.25, 0.3) is 0 Å². The van der Waals surface area contributed by atoms with Crippen LogP contribution < -0.4 is 14.8 Å². The summed E-state index contributed by atoms with van der Waals surface area (Å²) in [6, 6.07) is 4.26. The van der Waals surface area contributed by atoms with E-state index >= 15 is 0 Å². The molecule has 1 aromatic rings. The highest BCUT2D eigenvalue weighted by atomic mass is 16.5. The van der Waals surface area contributed by atoms with E-state index in [0.717, 1.165) is 25.1 Å². The Morgan fingerprint density at radius 1 is 1.40 bits per heavy atom. The zero-order valence-corrected chi connectivity index (χ0v) is 14.2. The minimum atomic E-state index is -1.01. The lowest BCUT2D eigenvalue weighted by Gasteiger charge is -2.54. The van der Waals surface area contributed by atoms with Gasteiger partial charge in [-0.2, -0.15) is 0 Å². The van der Waals surface area contributed by atoms with Gasteiger partial charge in [-0.15, -0.1) is 0 Å². The molecule has 6 heteroatoms. The van der Waals surface area contributed by atoms with Crippen LogP contribution in [-0.4, -0.2) is 50.1 Å². The largest absolute Gasteiger partial charge is 0.493 e. The molecule has 1 spiro atoms. The van der Waals surface area contributed by atoms with Gasteiger partial charge in [-0.3, -0.25) is 0 Å². The molecule has 2 heterocycles. The molecule has 5 atom stereocenters. The highest BCUT2D eigenvalue weighted by Crippen LogP contribution is 2.62. The second-order valence-electron chi connectivity index (χ2n) is 7.31. The first-order valence-corrected chi connectivity index (χ1v) is 8.70. The Hall–Kier alpha value is -2.05. The average molecular weight is 343 g/mol. The number of esters is 1. The van der Waals surface area contributed by atoms with Crippen molar-refractivity contribution in [1.82, 2.24) is 5.32 Å². The number of carbonyl (C=O) groups is 1. The molecule has 0 aromatic heterocycles. The van der Waals surface area contributed by atoms with Crippen LogP contribution in [0.4, 0.5) is 0 Å². The predicted molar refractivity (Wildman–Crippen MR) is 88.8 cm³/mol. The molecule has 132 valence electrons. The summed E-state index contributed by atoms with van der Waals surface area (Å²) in [6.45, 7) is 0.866. The third kappa shape index (κ3) is 1.69. The highest BCUT2D eigenvalue weighted by molar-refractivity contribution is 5.90. The number of benzene rings is 1. The molecule has 4 aliphatic rings. The second-order valence-corrected chi connectivity index (χ2v) is 7.31. The Bertz CT molecular complexity index is 803. The van der Waals surface area contributed by atoms with Crippen LogP contribution in [0.2, 0.25) is 0 Å². The molecule has 2 N–H and O–H groups in total. The van der Waals surface area contributed by atoms with E-state index in [0.29, 0.717) is 11.3 Å². The van der Waals surface area contributed by atoms with Crippen molar-refractivity contribution in [2.24, 2.45) is 5.92 Å². The number of ether oxygens (including phenoxy) is 3. The van der Waals surface area contributed by atoms with Crippen molar-refractivity contribution in [3.05, 3.63) is 34.9 Å². The zero-order valence-electron chi connectivity index (χ0n) is 14.2. The van der Waals surface area contributed by atoms with Crippen molar-refractivity contribution in [1.29, 1.82) is 0 Å². The van der Waals surface area contributed by atoms with Gasteiger partial charge in [0.2, 0.25) is 0 Å². The summed E-state index contributed by atoms with van der Waals surface area (Å²) in [5.41, 5.74) is 2.40. The van der Waals surface area contributed by atoms with Crippen LogP contribution in [0.5, 0.6) is 11.5 Å². The molecule has 6 nitrogen and oxygen atoms in total. The third-order valence-corrected chi connectivity index (χ3v) is 6.44. The summed E-state index contributed by atoms with van der Waals surface area (Å²) in [6.07, 6.45) is 2.14. The molecule has 2 bridgehead atoms. The molecule has 0 amide bonds. The smallest absolute Gasteiger partial charge is 0.336 e. The summed E-state index contributed by atoms with van der Waals surface area (Å²) in [7, 11) is 2.97. The molecular weight excluding hydrogens is 322 g/mol. The number of rotatable bonds is 2. The Morgan fingerprint density at radius 3 is 3.00 bits per heavy atom. The molecule has 0 radical (unpaired) electrons. The van der Waals surface area contributed by atoms with Crippen molar-refractivity contribution in [2.45, 2.75) is 36.5 Å². The monoisotopic (exact) mass is 343 g/mol. The molecule has 25 heavy (non-hydrogen) atoms. The number of piperidine rings is 1. The van der Waals surface area contributed by atoms with Crippen LogP contribution in [0.3, 0.4) is 0 Å². The summed E-state index contributed by atoms with van der Waals surface area (Å²) < 4.78 is 16.7. The fourth-order valence-corrected chi connectivity index (χ4v) is 5.49. The van der Waals surface area contributed by atoms with Crippen molar-refractivity contribution < 1.29 is 24.1 Å². The molecule has 1 aromatic carbocycles. The molecule has 1 saturated heterocycles. The molecule has 3 unspecified atom stereocenters. The van der Waals surface area contributed by atoms with Gasteiger partial charge < -0.3 is 24.6 Å². The van der Waals surface area contributed by atoms with Crippen LogP contribution >= 0.6 is 0 Å². The van der Waals surface area contributed by atoms with E-state index in [2.05, 4.69) is 11.4 Å². The second kappa shape index (κ2) is 4.99. The fourth-order valence-electron chi connectivity index (χ4n) is 5.49. The van der Waals surface area contributed by atoms with Gasteiger partial charge in [0.1, 0.15) is 12.2 Å². The lowest BCUT2D eigenvalue weighted by Crippen LogP contribution is -2.65. The summed E-state index contributed by atoms with van der Waals surface area (Å²) in [5, 5.41) is 14.5. The first-order valence-electron chi connectivity index (χ1n) is 8.70. The fraction of sp³-hybridized carbons (Fsp3) is 0.526. The van der Waals surface area contributed by atoms with Crippen LogP contribution in [0, 0.1) is 5.92 Å². The van der Waals surface area contributed by atoms with Gasteiger partial charge in [0.05, 0.1) is 19.8 Å². The number of nitrogens with one attached hydrogen (secondary N) is 1. The standard InChI is InChI=1S/C19H21NO5/c1-23-13-4-3-9-7-12-11-8-10(18(22)24-2)15(21)17-19(11,5-6-20-12)14(9)16(13)25-17/h3-4,8,11-12,15,17,20-21H,5-7H2,1-2H3/t11?,12-,15?,17?,19+/m1/s1. The predicted octanol–water partition coefficient (Wildman–Crippen LogP) is 0.702. The summed E-state index contributed by atoms with van der Waals surface area (Å²) in [5.74, 6) is 1.02. The number of hydrogen-bond acceptors (Lipinski definition) is 6. The quantitative estimate of drug-likeness (QED) is 0.770. The van der Waals surface area contributed by atoms with Crippen molar-refractivity contribution in [3.8, 4) is 11.5 Å². The van der Waals surface area contributed by atoms with Gasteiger partial charge >= 0.3 is 5.97 Å². The normalized spacial score (nSPS) is 36.8. The van der Waals surface area contributed by atoms with Crippen LogP contribution in [0.1, 0.15) is 17.5 Å². The van der Waals surface area contributed by atoms with E-state index < -0.39 is 18.2 Å². The van der Waals surface area contributed by atoms with E-state index in [1.165, 1.54) is 18.2 Å². The molecule has 0 saturated carbocycles. The highest BCUT2D eigenvalue weighted by Gasteiger charge is 2.65. The van der Waals surface area contributed by atoms with Gasteiger partial charge in [0.25, 0.3) is 0 Å². The van der Waals surface area contributed by atoms with Gasteiger partial charge in [-0.1, -0.05) is 12.1 Å². The van der Waals surface area contributed by atoms with Gasteiger partial charge in [-0.25, -0.2) is 4.79 Å². The maximum Gasteiger partial charge on any atom is 0.336 e. The molecular formula is C19H21NO5. The van der Waals surface area contributed by atoms with E-state index in [1.54, 1.807) is 7.11 Å². The van der Waals surface area contributed by atoms with E-state index in [9.17, 15) is 9.90 Å². The minimum absolute atomic E-state index is 0.0876. The molecule has 1 fully saturated rings. The molecule has 2 aliphatic heterocycles.